The van der Waals surface area contributed by atoms with Crippen LogP contribution in [-0.2, 0) is 26.2 Å². The quantitative estimate of drug-likeness (QED) is 0.842. The van der Waals surface area contributed by atoms with E-state index in [1.165, 1.54) is 6.92 Å². The molecule has 0 aromatic carbocycles. The van der Waals surface area contributed by atoms with E-state index >= 15 is 0 Å². The number of alkyl halides is 3. The minimum Gasteiger partial charge on any atom is -0.327 e. The van der Waals surface area contributed by atoms with Crippen LogP contribution in [0.1, 0.15) is 25.4 Å². The van der Waals surface area contributed by atoms with Crippen LogP contribution in [-0.4, -0.2) is 14.1 Å². The Kier molecular flexibility index (Phi) is 3.15. The van der Waals surface area contributed by atoms with E-state index < -0.39 is 17.4 Å². The first-order valence-corrected chi connectivity index (χ1v) is 5.97. The summed E-state index contributed by atoms with van der Waals surface area (Å²) in [7, 11) is 1.64. The number of halogens is 3. The Hall–Kier alpha value is -1.79. The molecular formula is C12H14F3N3O. The summed E-state index contributed by atoms with van der Waals surface area (Å²) in [4.78, 5) is 16.3. The van der Waals surface area contributed by atoms with Crippen LogP contribution in [0, 0.1) is 0 Å². The molecule has 0 radical (unpaired) electrons. The van der Waals surface area contributed by atoms with Gasteiger partial charge in [-0.1, -0.05) is 6.92 Å². The Morgan fingerprint density at radius 1 is 1.32 bits per heavy atom. The van der Waals surface area contributed by atoms with E-state index in [1.807, 2.05) is 6.92 Å². The molecule has 7 heteroatoms. The van der Waals surface area contributed by atoms with E-state index in [2.05, 4.69) is 4.98 Å². The number of pyridine rings is 1. The molecule has 0 saturated carbocycles. The Bertz CT molecular complexity index is 682. The second-order valence-corrected chi connectivity index (χ2v) is 4.25. The molecule has 2 heterocycles. The highest BCUT2D eigenvalue weighted by atomic mass is 19.4. The number of aryl methyl sites for hydroxylation is 2. The fourth-order valence-corrected chi connectivity index (χ4v) is 2.23. The van der Waals surface area contributed by atoms with Crippen molar-refractivity contribution in [3.05, 3.63) is 27.9 Å². The van der Waals surface area contributed by atoms with Gasteiger partial charge in [-0.2, -0.15) is 13.2 Å². The van der Waals surface area contributed by atoms with Gasteiger partial charge in [0, 0.05) is 20.0 Å². The van der Waals surface area contributed by atoms with Crippen LogP contribution in [0.15, 0.2) is 10.9 Å². The standard InChI is InChI=1S/C12H14F3N3O/c1-4-9-16-7-6-8(12(13,14)15)18(5-2)11(19)10(7)17(9)3/h6H,4-5H2,1-3H3. The first-order chi connectivity index (χ1) is 8.81. The smallest absolute Gasteiger partial charge is 0.327 e. The van der Waals surface area contributed by atoms with Gasteiger partial charge in [0.05, 0.1) is 5.52 Å². The SMILES string of the molecule is CCc1nc2cc(C(F)(F)F)n(CC)c(=O)c2n1C. The third-order valence-electron chi connectivity index (χ3n) is 3.15. The Morgan fingerprint density at radius 2 is 1.95 bits per heavy atom. The summed E-state index contributed by atoms with van der Waals surface area (Å²) in [6.45, 7) is 3.32. The molecular weight excluding hydrogens is 259 g/mol. The number of nitrogens with zero attached hydrogens (tertiary/aromatic N) is 3. The third-order valence-corrected chi connectivity index (χ3v) is 3.15. The summed E-state index contributed by atoms with van der Waals surface area (Å²) >= 11 is 0. The molecule has 0 spiro atoms. The maximum atomic E-state index is 12.9. The molecule has 0 atom stereocenters. The highest BCUT2D eigenvalue weighted by Crippen LogP contribution is 2.30. The van der Waals surface area contributed by atoms with Crippen LogP contribution in [0.25, 0.3) is 11.0 Å². The third kappa shape index (κ3) is 2.02. The van der Waals surface area contributed by atoms with E-state index in [4.69, 9.17) is 0 Å². The Balaban J connectivity index is 2.92. The van der Waals surface area contributed by atoms with Crippen molar-refractivity contribution in [2.75, 3.05) is 0 Å². The average Bonchev–Trinajstić information content (AvgIpc) is 2.65. The van der Waals surface area contributed by atoms with Crippen LogP contribution in [0.2, 0.25) is 0 Å². The molecule has 0 unspecified atom stereocenters. The zero-order valence-electron chi connectivity index (χ0n) is 10.9. The van der Waals surface area contributed by atoms with Gasteiger partial charge in [-0.3, -0.25) is 4.79 Å². The Morgan fingerprint density at radius 3 is 2.42 bits per heavy atom. The number of hydrogen-bond donors (Lipinski definition) is 0. The number of rotatable bonds is 2. The molecule has 0 aliphatic heterocycles. The van der Waals surface area contributed by atoms with Crippen molar-refractivity contribution in [2.45, 2.75) is 33.0 Å². The number of hydrogen-bond acceptors (Lipinski definition) is 2. The van der Waals surface area contributed by atoms with E-state index in [1.54, 1.807) is 11.6 Å². The zero-order chi connectivity index (χ0) is 14.4. The molecule has 0 amide bonds. The normalized spacial score (nSPS) is 12.3. The molecule has 0 saturated heterocycles. The highest BCUT2D eigenvalue weighted by molar-refractivity contribution is 5.75. The van der Waals surface area contributed by atoms with Crippen molar-refractivity contribution in [2.24, 2.45) is 7.05 Å². The lowest BCUT2D eigenvalue weighted by molar-refractivity contribution is -0.144. The molecule has 2 rings (SSSR count). The van der Waals surface area contributed by atoms with E-state index in [0.717, 1.165) is 10.6 Å². The van der Waals surface area contributed by atoms with Gasteiger partial charge in [0.25, 0.3) is 5.56 Å². The van der Waals surface area contributed by atoms with Gasteiger partial charge in [0.2, 0.25) is 0 Å². The lowest BCUT2D eigenvalue weighted by Crippen LogP contribution is -2.28. The molecule has 2 aromatic rings. The fourth-order valence-electron chi connectivity index (χ4n) is 2.23. The van der Waals surface area contributed by atoms with E-state index in [-0.39, 0.29) is 17.6 Å². The number of aromatic nitrogens is 3. The topological polar surface area (TPSA) is 39.8 Å². The second-order valence-electron chi connectivity index (χ2n) is 4.25. The molecule has 0 bridgehead atoms. The lowest BCUT2D eigenvalue weighted by atomic mass is 10.3. The van der Waals surface area contributed by atoms with Gasteiger partial charge < -0.3 is 9.13 Å². The monoisotopic (exact) mass is 273 g/mol. The van der Waals surface area contributed by atoms with Crippen LogP contribution in [0.3, 0.4) is 0 Å². The Labute approximate surface area is 107 Å². The molecule has 104 valence electrons. The van der Waals surface area contributed by atoms with Gasteiger partial charge in [-0.25, -0.2) is 4.98 Å². The van der Waals surface area contributed by atoms with Crippen LogP contribution in [0.5, 0.6) is 0 Å². The van der Waals surface area contributed by atoms with E-state index in [9.17, 15) is 18.0 Å². The molecule has 0 fully saturated rings. The van der Waals surface area contributed by atoms with Gasteiger partial charge >= 0.3 is 6.18 Å². The predicted molar refractivity (Wildman–Crippen MR) is 65.0 cm³/mol. The summed E-state index contributed by atoms with van der Waals surface area (Å²) in [5.41, 5.74) is -1.29. The van der Waals surface area contributed by atoms with E-state index in [0.29, 0.717) is 12.2 Å². The second kappa shape index (κ2) is 4.40. The largest absolute Gasteiger partial charge is 0.431 e. The summed E-state index contributed by atoms with van der Waals surface area (Å²) in [5, 5.41) is 0. The predicted octanol–water partition coefficient (Wildman–Crippen LogP) is 2.34. The molecule has 0 aliphatic carbocycles. The van der Waals surface area contributed by atoms with Crippen molar-refractivity contribution in [3.8, 4) is 0 Å². The summed E-state index contributed by atoms with van der Waals surface area (Å²) in [6.07, 6.45) is -4.01. The van der Waals surface area contributed by atoms with Crippen molar-refractivity contribution in [1.82, 2.24) is 14.1 Å². The van der Waals surface area contributed by atoms with Crippen molar-refractivity contribution in [1.29, 1.82) is 0 Å². The summed E-state index contributed by atoms with van der Waals surface area (Å²) < 4.78 is 41.1. The average molecular weight is 273 g/mol. The van der Waals surface area contributed by atoms with Crippen molar-refractivity contribution in [3.63, 3.8) is 0 Å². The van der Waals surface area contributed by atoms with Crippen LogP contribution in [0.4, 0.5) is 13.2 Å². The van der Waals surface area contributed by atoms with Gasteiger partial charge in [-0.05, 0) is 13.0 Å². The lowest BCUT2D eigenvalue weighted by Gasteiger charge is -2.13. The van der Waals surface area contributed by atoms with Gasteiger partial charge in [0.1, 0.15) is 17.0 Å². The van der Waals surface area contributed by atoms with Gasteiger partial charge in [-0.15, -0.1) is 0 Å². The molecule has 4 nitrogen and oxygen atoms in total. The zero-order valence-corrected chi connectivity index (χ0v) is 10.9. The molecule has 19 heavy (non-hydrogen) atoms. The maximum Gasteiger partial charge on any atom is 0.431 e. The van der Waals surface area contributed by atoms with Crippen molar-refractivity contribution >= 4 is 11.0 Å². The first kappa shape index (κ1) is 13.6. The summed E-state index contributed by atoms with van der Waals surface area (Å²) in [5.74, 6) is 0.592. The van der Waals surface area contributed by atoms with Crippen LogP contribution < -0.4 is 5.56 Å². The van der Waals surface area contributed by atoms with Crippen LogP contribution >= 0.6 is 0 Å². The van der Waals surface area contributed by atoms with Crippen molar-refractivity contribution < 1.29 is 13.2 Å². The highest BCUT2D eigenvalue weighted by Gasteiger charge is 2.35. The van der Waals surface area contributed by atoms with Gasteiger partial charge in [0.15, 0.2) is 0 Å². The number of fused-ring (bicyclic) bond motifs is 1. The molecule has 0 aliphatic rings. The first-order valence-electron chi connectivity index (χ1n) is 5.97. The maximum absolute atomic E-state index is 12.9. The molecule has 2 aromatic heterocycles. The number of imidazole rings is 1. The fraction of sp³-hybridized carbons (Fsp3) is 0.500. The summed E-state index contributed by atoms with van der Waals surface area (Å²) in [6, 6.07) is 0.944. The molecule has 0 N–H and O–H groups in total. The minimum absolute atomic E-state index is 0.0315. The minimum atomic E-state index is -4.56.